The van der Waals surface area contributed by atoms with Gasteiger partial charge in [-0.15, -0.1) is 0 Å². The van der Waals surface area contributed by atoms with Gasteiger partial charge in [0.2, 0.25) is 0 Å². The molecule has 0 aliphatic heterocycles. The van der Waals surface area contributed by atoms with E-state index in [-0.39, 0.29) is 0 Å². The predicted molar refractivity (Wildman–Crippen MR) is 69.6 cm³/mol. The molecule has 0 saturated carbocycles. The van der Waals surface area contributed by atoms with Gasteiger partial charge in [0.15, 0.2) is 0 Å². The fourth-order valence-electron chi connectivity index (χ4n) is 1.79. The highest BCUT2D eigenvalue weighted by atomic mass is 79.9. The van der Waals surface area contributed by atoms with E-state index in [1.807, 2.05) is 22.4 Å². The zero-order valence-electron chi connectivity index (χ0n) is 10.0. The van der Waals surface area contributed by atoms with Gasteiger partial charge in [0, 0.05) is 19.3 Å². The monoisotopic (exact) mass is 297 g/mol. The van der Waals surface area contributed by atoms with Gasteiger partial charge in [-0.3, -0.25) is 4.68 Å². The van der Waals surface area contributed by atoms with Crippen LogP contribution < -0.4 is 5.73 Å². The predicted octanol–water partition coefficient (Wildman–Crippen LogP) is 1.68. The molecular weight excluding hydrogens is 282 g/mol. The van der Waals surface area contributed by atoms with E-state index >= 15 is 0 Å². The number of hydrogen-bond donors (Lipinski definition) is 1. The summed E-state index contributed by atoms with van der Waals surface area (Å²) < 4.78 is 5.10. The number of nitrogens with two attached hydrogens (primary N) is 1. The summed E-state index contributed by atoms with van der Waals surface area (Å²) in [5.74, 6) is 0. The van der Waals surface area contributed by atoms with Crippen LogP contribution >= 0.6 is 15.9 Å². The molecule has 0 fully saturated rings. The molecule has 0 aliphatic rings. The Hall–Kier alpha value is -1.14. The molecule has 0 amide bonds. The Balaban J connectivity index is 2.28. The second kappa shape index (κ2) is 5.01. The zero-order chi connectivity index (χ0) is 12.4. The summed E-state index contributed by atoms with van der Waals surface area (Å²) in [6.45, 7) is 6.17. The van der Waals surface area contributed by atoms with Gasteiger partial charge >= 0.3 is 0 Å². The zero-order valence-corrected chi connectivity index (χ0v) is 11.6. The SMILES string of the molecule is CCn1nc(C)c(Br)c1Cn1cnc(CN)c1. The van der Waals surface area contributed by atoms with E-state index in [1.165, 1.54) is 0 Å². The molecule has 92 valence electrons. The summed E-state index contributed by atoms with van der Waals surface area (Å²) >= 11 is 3.58. The highest BCUT2D eigenvalue weighted by molar-refractivity contribution is 9.10. The number of rotatable bonds is 4. The minimum absolute atomic E-state index is 0.472. The summed E-state index contributed by atoms with van der Waals surface area (Å²) in [6.07, 6.45) is 3.77. The topological polar surface area (TPSA) is 61.7 Å². The third kappa shape index (κ3) is 2.42. The fraction of sp³-hybridized carbons (Fsp3) is 0.455. The van der Waals surface area contributed by atoms with Gasteiger partial charge in [0.05, 0.1) is 34.4 Å². The van der Waals surface area contributed by atoms with Crippen LogP contribution in [0.1, 0.15) is 24.0 Å². The van der Waals surface area contributed by atoms with Crippen molar-refractivity contribution in [2.24, 2.45) is 5.73 Å². The average molecular weight is 298 g/mol. The third-order valence-corrected chi connectivity index (χ3v) is 3.71. The Morgan fingerprint density at radius 2 is 2.24 bits per heavy atom. The molecule has 0 bridgehead atoms. The van der Waals surface area contributed by atoms with E-state index in [2.05, 4.69) is 32.9 Å². The molecule has 0 atom stereocenters. The maximum absolute atomic E-state index is 5.54. The Morgan fingerprint density at radius 1 is 1.47 bits per heavy atom. The molecule has 0 spiro atoms. The molecule has 0 aliphatic carbocycles. The van der Waals surface area contributed by atoms with Crippen LogP contribution in [0.25, 0.3) is 0 Å². The van der Waals surface area contributed by atoms with Crippen molar-refractivity contribution in [3.8, 4) is 0 Å². The van der Waals surface area contributed by atoms with Crippen LogP contribution in [0.5, 0.6) is 0 Å². The smallest absolute Gasteiger partial charge is 0.0953 e. The molecular formula is C11H16BrN5. The molecule has 2 heterocycles. The second-order valence-electron chi connectivity index (χ2n) is 3.90. The van der Waals surface area contributed by atoms with Crippen molar-refractivity contribution in [1.29, 1.82) is 0 Å². The molecule has 0 radical (unpaired) electrons. The number of aryl methyl sites for hydroxylation is 2. The molecule has 5 nitrogen and oxygen atoms in total. The first-order chi connectivity index (χ1) is 8.15. The largest absolute Gasteiger partial charge is 0.331 e. The van der Waals surface area contributed by atoms with E-state index in [1.54, 1.807) is 6.33 Å². The number of nitrogens with zero attached hydrogens (tertiary/aromatic N) is 4. The van der Waals surface area contributed by atoms with E-state index < -0.39 is 0 Å². The molecule has 2 N–H and O–H groups in total. The van der Waals surface area contributed by atoms with E-state index in [9.17, 15) is 0 Å². The molecule has 2 aromatic heterocycles. The first-order valence-corrected chi connectivity index (χ1v) is 6.37. The number of halogens is 1. The third-order valence-electron chi connectivity index (χ3n) is 2.68. The second-order valence-corrected chi connectivity index (χ2v) is 4.70. The lowest BCUT2D eigenvalue weighted by molar-refractivity contribution is 0.596. The number of hydrogen-bond acceptors (Lipinski definition) is 3. The first kappa shape index (κ1) is 12.3. The lowest BCUT2D eigenvalue weighted by Gasteiger charge is -2.06. The fourth-order valence-corrected chi connectivity index (χ4v) is 2.20. The quantitative estimate of drug-likeness (QED) is 0.934. The van der Waals surface area contributed by atoms with Gasteiger partial charge in [-0.25, -0.2) is 4.98 Å². The van der Waals surface area contributed by atoms with E-state index in [0.29, 0.717) is 6.54 Å². The van der Waals surface area contributed by atoms with Gasteiger partial charge < -0.3 is 10.3 Å². The standard InChI is InChI=1S/C11H16BrN5/c1-3-17-10(11(12)8(2)15-17)6-16-5-9(4-13)14-7-16/h5,7H,3-4,6,13H2,1-2H3. The molecule has 0 saturated heterocycles. The van der Waals surface area contributed by atoms with Crippen molar-refractivity contribution in [3.63, 3.8) is 0 Å². The van der Waals surface area contributed by atoms with Crippen LogP contribution in [0.4, 0.5) is 0 Å². The van der Waals surface area contributed by atoms with E-state index in [4.69, 9.17) is 5.73 Å². The molecule has 6 heteroatoms. The highest BCUT2D eigenvalue weighted by Gasteiger charge is 2.12. The van der Waals surface area contributed by atoms with Crippen molar-refractivity contribution >= 4 is 15.9 Å². The lowest BCUT2D eigenvalue weighted by Crippen LogP contribution is -2.07. The van der Waals surface area contributed by atoms with Crippen LogP contribution in [0.3, 0.4) is 0 Å². The molecule has 2 aromatic rings. The van der Waals surface area contributed by atoms with Crippen LogP contribution in [0, 0.1) is 6.92 Å². The average Bonchev–Trinajstić information content (AvgIpc) is 2.89. The van der Waals surface area contributed by atoms with E-state index in [0.717, 1.165) is 34.6 Å². The Morgan fingerprint density at radius 3 is 2.82 bits per heavy atom. The Kier molecular flexibility index (Phi) is 3.63. The Labute approximate surface area is 109 Å². The van der Waals surface area contributed by atoms with Gasteiger partial charge in [0.1, 0.15) is 0 Å². The summed E-state index contributed by atoms with van der Waals surface area (Å²) in [5, 5.41) is 4.46. The highest BCUT2D eigenvalue weighted by Crippen LogP contribution is 2.21. The summed E-state index contributed by atoms with van der Waals surface area (Å²) in [5.41, 5.74) is 8.62. The van der Waals surface area contributed by atoms with Gasteiger partial charge in [-0.05, 0) is 29.8 Å². The van der Waals surface area contributed by atoms with Crippen molar-refractivity contribution in [3.05, 3.63) is 34.1 Å². The van der Waals surface area contributed by atoms with Crippen molar-refractivity contribution in [1.82, 2.24) is 19.3 Å². The van der Waals surface area contributed by atoms with Crippen molar-refractivity contribution in [2.75, 3.05) is 0 Å². The number of imidazole rings is 1. The summed E-state index contributed by atoms with van der Waals surface area (Å²) in [4.78, 5) is 4.22. The van der Waals surface area contributed by atoms with Gasteiger partial charge in [-0.2, -0.15) is 5.10 Å². The molecule has 2 rings (SSSR count). The maximum Gasteiger partial charge on any atom is 0.0953 e. The normalized spacial score (nSPS) is 11.1. The number of aromatic nitrogens is 4. The minimum Gasteiger partial charge on any atom is -0.331 e. The maximum atomic E-state index is 5.54. The minimum atomic E-state index is 0.472. The first-order valence-electron chi connectivity index (χ1n) is 5.58. The Bertz CT molecular complexity index is 514. The van der Waals surface area contributed by atoms with Crippen LogP contribution in [0.15, 0.2) is 17.0 Å². The van der Waals surface area contributed by atoms with Gasteiger partial charge in [-0.1, -0.05) is 0 Å². The molecule has 17 heavy (non-hydrogen) atoms. The van der Waals surface area contributed by atoms with Crippen molar-refractivity contribution in [2.45, 2.75) is 33.5 Å². The summed E-state index contributed by atoms with van der Waals surface area (Å²) in [6, 6.07) is 0. The van der Waals surface area contributed by atoms with Crippen LogP contribution in [0.2, 0.25) is 0 Å². The lowest BCUT2D eigenvalue weighted by atomic mass is 10.3. The van der Waals surface area contributed by atoms with Gasteiger partial charge in [0.25, 0.3) is 0 Å². The van der Waals surface area contributed by atoms with Crippen molar-refractivity contribution < 1.29 is 0 Å². The van der Waals surface area contributed by atoms with Crippen LogP contribution in [-0.2, 0) is 19.6 Å². The molecule has 0 unspecified atom stereocenters. The van der Waals surface area contributed by atoms with Crippen LogP contribution in [-0.4, -0.2) is 19.3 Å². The molecule has 0 aromatic carbocycles. The summed E-state index contributed by atoms with van der Waals surface area (Å²) in [7, 11) is 0.